The van der Waals surface area contributed by atoms with Crippen molar-refractivity contribution < 1.29 is 31.1 Å². The van der Waals surface area contributed by atoms with Gasteiger partial charge in [-0.1, -0.05) is 0 Å². The van der Waals surface area contributed by atoms with Crippen LogP contribution in [0.4, 0.5) is 26.3 Å². The number of rotatable bonds is 2. The van der Waals surface area contributed by atoms with Crippen molar-refractivity contribution in [2.24, 2.45) is 0 Å². The zero-order valence-corrected chi connectivity index (χ0v) is 11.7. The maximum Gasteiger partial charge on any atom is 0.433 e. The van der Waals surface area contributed by atoms with Crippen LogP contribution in [0.5, 0.6) is 5.75 Å². The molecule has 0 bridgehead atoms. The number of hydrogen-bond acceptors (Lipinski definition) is 3. The quantitative estimate of drug-likeness (QED) is 0.746. The minimum Gasteiger partial charge on any atom is -0.477 e. The summed E-state index contributed by atoms with van der Waals surface area (Å²) in [4.78, 5) is 3.60. The highest BCUT2D eigenvalue weighted by molar-refractivity contribution is 9.10. The number of pyridine rings is 1. The van der Waals surface area contributed by atoms with Crippen LogP contribution in [0.25, 0.3) is 5.65 Å². The van der Waals surface area contributed by atoms with E-state index in [2.05, 4.69) is 30.7 Å². The first-order valence-electron chi connectivity index (χ1n) is 5.36. The fourth-order valence-corrected chi connectivity index (χ4v) is 1.80. The molecular weight excluding hydrogens is 372 g/mol. The van der Waals surface area contributed by atoms with Gasteiger partial charge < -0.3 is 4.74 Å². The van der Waals surface area contributed by atoms with Gasteiger partial charge >= 0.3 is 12.4 Å². The molecule has 0 aromatic carbocycles. The molecule has 1 atom stereocenters. The van der Waals surface area contributed by atoms with E-state index in [0.717, 1.165) is 13.0 Å². The van der Waals surface area contributed by atoms with E-state index in [9.17, 15) is 26.3 Å². The van der Waals surface area contributed by atoms with Gasteiger partial charge in [0.2, 0.25) is 4.73 Å². The number of halogens is 7. The lowest BCUT2D eigenvalue weighted by molar-refractivity contribution is -0.189. The van der Waals surface area contributed by atoms with Gasteiger partial charge in [-0.3, -0.25) is 0 Å². The largest absolute Gasteiger partial charge is 0.477 e. The molecule has 0 fully saturated rings. The Hall–Kier alpha value is -1.52. The minimum atomic E-state index is -4.74. The van der Waals surface area contributed by atoms with Gasteiger partial charge in [-0.2, -0.15) is 31.3 Å². The maximum atomic E-state index is 12.8. The summed E-state index contributed by atoms with van der Waals surface area (Å²) in [6.07, 6.45) is -11.6. The molecule has 0 amide bonds. The van der Waals surface area contributed by atoms with Gasteiger partial charge in [-0.05, 0) is 35.0 Å². The van der Waals surface area contributed by atoms with Crippen LogP contribution in [-0.4, -0.2) is 26.9 Å². The summed E-state index contributed by atoms with van der Waals surface area (Å²) < 4.78 is 80.5. The van der Waals surface area contributed by atoms with Crippen LogP contribution in [0.1, 0.15) is 12.6 Å². The molecule has 116 valence electrons. The number of fused-ring (bicyclic) bond motifs is 1. The third-order valence-corrected chi connectivity index (χ3v) is 2.81. The van der Waals surface area contributed by atoms with Gasteiger partial charge in [0.1, 0.15) is 5.69 Å². The van der Waals surface area contributed by atoms with Crippen molar-refractivity contribution in [3.63, 3.8) is 0 Å². The van der Waals surface area contributed by atoms with Crippen molar-refractivity contribution in [1.29, 1.82) is 0 Å². The highest BCUT2D eigenvalue weighted by Crippen LogP contribution is 2.34. The van der Waals surface area contributed by atoms with E-state index in [1.54, 1.807) is 0 Å². The van der Waals surface area contributed by atoms with Crippen LogP contribution >= 0.6 is 15.9 Å². The molecule has 2 aromatic heterocycles. The Morgan fingerprint density at radius 1 is 1.19 bits per heavy atom. The molecule has 0 N–H and O–H groups in total. The summed E-state index contributed by atoms with van der Waals surface area (Å²) >= 11 is 2.78. The molecule has 0 saturated heterocycles. The summed E-state index contributed by atoms with van der Waals surface area (Å²) in [5, 5.41) is 3.45. The number of hydrogen-bond donors (Lipinski definition) is 0. The van der Waals surface area contributed by atoms with Crippen LogP contribution < -0.4 is 4.74 Å². The Labute approximate surface area is 121 Å². The second-order valence-corrected chi connectivity index (χ2v) is 4.71. The summed E-state index contributed by atoms with van der Waals surface area (Å²) in [6, 6.07) is 1.36. The van der Waals surface area contributed by atoms with Gasteiger partial charge in [-0.25, -0.2) is 4.52 Å². The second kappa shape index (κ2) is 5.04. The molecule has 2 rings (SSSR count). The Morgan fingerprint density at radius 3 is 2.33 bits per heavy atom. The second-order valence-electron chi connectivity index (χ2n) is 4.00. The maximum absolute atomic E-state index is 12.8. The molecule has 2 aromatic rings. The van der Waals surface area contributed by atoms with Gasteiger partial charge in [0.15, 0.2) is 17.5 Å². The molecule has 4 nitrogen and oxygen atoms in total. The summed E-state index contributed by atoms with van der Waals surface area (Å²) in [5.74, 6) is -0.453. The van der Waals surface area contributed by atoms with Gasteiger partial charge in [0.05, 0.1) is 0 Å². The lowest BCUT2D eigenvalue weighted by Crippen LogP contribution is -2.31. The van der Waals surface area contributed by atoms with E-state index in [1.165, 1.54) is 0 Å². The third kappa shape index (κ3) is 3.22. The molecule has 0 saturated carbocycles. The molecule has 21 heavy (non-hydrogen) atoms. The van der Waals surface area contributed by atoms with Gasteiger partial charge in [0, 0.05) is 0 Å². The third-order valence-electron chi connectivity index (χ3n) is 2.48. The normalized spacial score (nSPS) is 14.5. The van der Waals surface area contributed by atoms with E-state index >= 15 is 0 Å². The van der Waals surface area contributed by atoms with Gasteiger partial charge in [0.25, 0.3) is 0 Å². The molecule has 11 heteroatoms. The lowest BCUT2D eigenvalue weighted by Gasteiger charge is -2.18. The van der Waals surface area contributed by atoms with Crippen molar-refractivity contribution in [1.82, 2.24) is 14.6 Å². The predicted octanol–water partition coefficient (Wildman–Crippen LogP) is 3.84. The smallest absolute Gasteiger partial charge is 0.433 e. The fourth-order valence-electron chi connectivity index (χ4n) is 1.48. The average molecular weight is 378 g/mol. The zero-order chi connectivity index (χ0) is 16.0. The Balaban J connectivity index is 2.53. The van der Waals surface area contributed by atoms with Crippen LogP contribution in [0.3, 0.4) is 0 Å². The van der Waals surface area contributed by atoms with E-state index in [0.29, 0.717) is 10.6 Å². The molecule has 2 heterocycles. The Morgan fingerprint density at radius 2 is 1.81 bits per heavy atom. The first-order valence-corrected chi connectivity index (χ1v) is 6.15. The number of nitrogens with zero attached hydrogens (tertiary/aromatic N) is 3. The van der Waals surface area contributed by atoms with Crippen LogP contribution in [0, 0.1) is 0 Å². The van der Waals surface area contributed by atoms with Gasteiger partial charge in [-0.15, -0.1) is 5.10 Å². The topological polar surface area (TPSA) is 39.4 Å². The lowest BCUT2D eigenvalue weighted by atomic mass is 10.3. The number of alkyl halides is 6. The van der Waals surface area contributed by atoms with Crippen molar-refractivity contribution in [3.05, 3.63) is 22.6 Å². The molecule has 0 aliphatic carbocycles. The van der Waals surface area contributed by atoms with Crippen LogP contribution in [0.15, 0.2) is 16.9 Å². The van der Waals surface area contributed by atoms with Crippen molar-refractivity contribution in [3.8, 4) is 5.75 Å². The van der Waals surface area contributed by atoms with Crippen LogP contribution in [-0.2, 0) is 6.18 Å². The molecule has 0 aliphatic heterocycles. The molecular formula is C10H6BrF6N3O. The summed E-state index contributed by atoms with van der Waals surface area (Å²) in [6.45, 7) is 0.736. The first-order chi connectivity index (χ1) is 9.50. The highest BCUT2D eigenvalue weighted by atomic mass is 79.9. The highest BCUT2D eigenvalue weighted by Gasteiger charge is 2.39. The van der Waals surface area contributed by atoms with E-state index in [4.69, 9.17) is 0 Å². The Bertz CT molecular complexity index is 665. The molecule has 0 aliphatic rings. The molecule has 0 spiro atoms. The predicted molar refractivity (Wildman–Crippen MR) is 61.8 cm³/mol. The van der Waals surface area contributed by atoms with Crippen molar-refractivity contribution >= 4 is 21.6 Å². The number of ether oxygens (including phenoxy) is 1. The average Bonchev–Trinajstić information content (AvgIpc) is 2.67. The van der Waals surface area contributed by atoms with Crippen LogP contribution in [0.2, 0.25) is 0 Å². The summed E-state index contributed by atoms with van der Waals surface area (Å²) in [5.41, 5.74) is -1.64. The van der Waals surface area contributed by atoms with Crippen molar-refractivity contribution in [2.45, 2.75) is 25.4 Å². The first kappa shape index (κ1) is 15.9. The number of aromatic nitrogens is 3. The van der Waals surface area contributed by atoms with E-state index < -0.39 is 35.5 Å². The van der Waals surface area contributed by atoms with E-state index in [1.807, 2.05) is 0 Å². The SMILES string of the molecule is C[C@H](Oc1ccc(C(F)(F)F)n2nc(Br)nc12)C(F)(F)F. The fraction of sp³-hybridized carbons (Fsp3) is 0.400. The molecule has 0 unspecified atom stereocenters. The van der Waals surface area contributed by atoms with Crippen molar-refractivity contribution in [2.75, 3.05) is 0 Å². The molecule has 0 radical (unpaired) electrons. The minimum absolute atomic E-state index is 0.205. The Kier molecular flexibility index (Phi) is 3.80. The summed E-state index contributed by atoms with van der Waals surface area (Å²) in [7, 11) is 0. The zero-order valence-electron chi connectivity index (χ0n) is 10.1. The standard InChI is InChI=1S/C10H6BrF6N3O/c1-4(9(12,13)14)21-5-2-3-6(10(15,16)17)20-7(5)18-8(11)19-20/h2-4H,1H3/t4-/m0/s1. The van der Waals surface area contributed by atoms with E-state index in [-0.39, 0.29) is 4.73 Å². The monoisotopic (exact) mass is 377 g/mol.